The molecular weight excluding hydrogens is 340 g/mol. The molecule has 0 saturated heterocycles. The molecule has 2 N–H and O–H groups in total. The zero-order valence-corrected chi connectivity index (χ0v) is 14.2. The van der Waals surface area contributed by atoms with Crippen LogP contribution >= 0.6 is 27.5 Å². The van der Waals surface area contributed by atoms with Gasteiger partial charge in [0.2, 0.25) is 0 Å². The van der Waals surface area contributed by atoms with Gasteiger partial charge in [0, 0.05) is 23.7 Å². The van der Waals surface area contributed by atoms with Crippen molar-refractivity contribution in [3.8, 4) is 0 Å². The van der Waals surface area contributed by atoms with Crippen molar-refractivity contribution < 1.29 is 5.11 Å². The van der Waals surface area contributed by atoms with Gasteiger partial charge < -0.3 is 10.4 Å². The molecule has 0 aromatic carbocycles. The number of aliphatic hydroxyl groups is 1. The zero-order chi connectivity index (χ0) is 14.5. The highest BCUT2D eigenvalue weighted by Gasteiger charge is 2.46. The van der Waals surface area contributed by atoms with Gasteiger partial charge in [-0.25, -0.2) is 4.98 Å². The summed E-state index contributed by atoms with van der Waals surface area (Å²) in [5.41, 5.74) is 0.670. The van der Waals surface area contributed by atoms with Crippen LogP contribution in [-0.2, 0) is 5.41 Å². The molecular formula is C15H20BrClN2O. The van der Waals surface area contributed by atoms with E-state index in [0.717, 1.165) is 47.5 Å². The van der Waals surface area contributed by atoms with Gasteiger partial charge in [-0.2, -0.15) is 0 Å². The number of anilines is 1. The van der Waals surface area contributed by atoms with Crippen molar-refractivity contribution in [2.24, 2.45) is 5.92 Å². The van der Waals surface area contributed by atoms with Gasteiger partial charge in [-0.3, -0.25) is 0 Å². The first kappa shape index (κ1) is 14.6. The Labute approximate surface area is 133 Å². The van der Waals surface area contributed by atoms with Gasteiger partial charge in [0.25, 0.3) is 0 Å². The minimum absolute atomic E-state index is 0.0882. The third-order valence-electron chi connectivity index (χ3n) is 5.04. The number of rotatable bonds is 1. The van der Waals surface area contributed by atoms with Crippen LogP contribution in [0.25, 0.3) is 0 Å². The second-order valence-corrected chi connectivity index (χ2v) is 7.94. The number of pyridine rings is 1. The van der Waals surface area contributed by atoms with Crippen LogP contribution in [-0.4, -0.2) is 22.2 Å². The van der Waals surface area contributed by atoms with Gasteiger partial charge in [-0.1, -0.05) is 11.6 Å². The predicted molar refractivity (Wildman–Crippen MR) is 85.4 cm³/mol. The number of halogens is 2. The van der Waals surface area contributed by atoms with Gasteiger partial charge in [-0.05, 0) is 61.4 Å². The molecule has 110 valence electrons. The van der Waals surface area contributed by atoms with Crippen LogP contribution in [0.15, 0.2) is 10.7 Å². The maximum atomic E-state index is 10.2. The third-order valence-corrected chi connectivity index (χ3v) is 6.26. The van der Waals surface area contributed by atoms with Gasteiger partial charge in [0.05, 0.1) is 15.1 Å². The number of nitrogens with one attached hydrogen (secondary N) is 1. The molecule has 1 aliphatic heterocycles. The van der Waals surface area contributed by atoms with E-state index in [1.807, 2.05) is 13.8 Å². The Hall–Kier alpha value is -0.320. The summed E-state index contributed by atoms with van der Waals surface area (Å²) in [4.78, 5) is 4.45. The minimum atomic E-state index is -0.588. The van der Waals surface area contributed by atoms with Crippen LogP contribution in [0.5, 0.6) is 0 Å². The smallest absolute Gasteiger partial charge is 0.131 e. The van der Waals surface area contributed by atoms with E-state index in [0.29, 0.717) is 5.92 Å². The maximum absolute atomic E-state index is 10.2. The summed E-state index contributed by atoms with van der Waals surface area (Å²) in [6.45, 7) is 4.74. The first-order valence-electron chi connectivity index (χ1n) is 7.14. The number of hydrogen-bond acceptors (Lipinski definition) is 3. The van der Waals surface area contributed by atoms with Crippen molar-refractivity contribution in [2.75, 3.05) is 11.9 Å². The van der Waals surface area contributed by atoms with E-state index in [2.05, 4.69) is 26.2 Å². The van der Waals surface area contributed by atoms with Gasteiger partial charge in [0.1, 0.15) is 5.82 Å². The van der Waals surface area contributed by atoms with E-state index in [1.165, 1.54) is 5.56 Å². The van der Waals surface area contributed by atoms with Crippen LogP contribution in [0.2, 0.25) is 5.02 Å². The quantitative estimate of drug-likeness (QED) is 0.792. The highest BCUT2D eigenvalue weighted by atomic mass is 79.9. The highest BCUT2D eigenvalue weighted by molar-refractivity contribution is 9.10. The zero-order valence-electron chi connectivity index (χ0n) is 11.8. The lowest BCUT2D eigenvalue weighted by molar-refractivity contribution is -0.00815. The van der Waals surface area contributed by atoms with Crippen LogP contribution < -0.4 is 5.32 Å². The van der Waals surface area contributed by atoms with E-state index >= 15 is 0 Å². The lowest BCUT2D eigenvalue weighted by atomic mass is 9.65. The lowest BCUT2D eigenvalue weighted by Crippen LogP contribution is -2.40. The van der Waals surface area contributed by atoms with Crippen LogP contribution in [0.3, 0.4) is 0 Å². The van der Waals surface area contributed by atoms with Gasteiger partial charge in [0.15, 0.2) is 0 Å². The molecule has 1 aromatic heterocycles. The molecule has 20 heavy (non-hydrogen) atoms. The molecule has 3 rings (SSSR count). The Morgan fingerprint density at radius 1 is 1.45 bits per heavy atom. The van der Waals surface area contributed by atoms with Crippen molar-refractivity contribution in [2.45, 2.75) is 50.5 Å². The fourth-order valence-electron chi connectivity index (χ4n) is 3.73. The van der Waals surface area contributed by atoms with Crippen LogP contribution in [0.4, 0.5) is 5.82 Å². The molecule has 1 spiro atoms. The summed E-state index contributed by atoms with van der Waals surface area (Å²) in [7, 11) is 0. The topological polar surface area (TPSA) is 45.1 Å². The maximum Gasteiger partial charge on any atom is 0.131 e. The van der Waals surface area contributed by atoms with Crippen molar-refractivity contribution in [3.63, 3.8) is 0 Å². The summed E-state index contributed by atoms with van der Waals surface area (Å²) < 4.78 is 0.866. The Morgan fingerprint density at radius 3 is 2.70 bits per heavy atom. The molecule has 1 fully saturated rings. The average Bonchev–Trinajstić information content (AvgIpc) is 2.73. The fourth-order valence-corrected chi connectivity index (χ4v) is 4.37. The molecule has 3 nitrogen and oxygen atoms in total. The number of aromatic nitrogens is 1. The predicted octanol–water partition coefficient (Wildman–Crippen LogP) is 4.12. The summed E-state index contributed by atoms with van der Waals surface area (Å²) in [6, 6.07) is 0. The Bertz CT molecular complexity index is 533. The fraction of sp³-hybridized carbons (Fsp3) is 0.667. The molecule has 1 aromatic rings. The monoisotopic (exact) mass is 358 g/mol. The second kappa shape index (κ2) is 4.85. The van der Waals surface area contributed by atoms with Crippen molar-refractivity contribution in [1.82, 2.24) is 4.98 Å². The van der Waals surface area contributed by atoms with E-state index in [1.54, 1.807) is 6.20 Å². The highest BCUT2D eigenvalue weighted by Crippen LogP contribution is 2.52. The summed E-state index contributed by atoms with van der Waals surface area (Å²) >= 11 is 9.99. The lowest BCUT2D eigenvalue weighted by Gasteiger charge is -2.41. The third kappa shape index (κ3) is 2.26. The van der Waals surface area contributed by atoms with Gasteiger partial charge >= 0.3 is 0 Å². The van der Waals surface area contributed by atoms with Crippen LogP contribution in [0.1, 0.15) is 45.1 Å². The van der Waals surface area contributed by atoms with E-state index in [9.17, 15) is 5.11 Å². The van der Waals surface area contributed by atoms with E-state index in [4.69, 9.17) is 11.6 Å². The number of fused-ring (bicyclic) bond motifs is 2. The Kier molecular flexibility index (Phi) is 3.55. The van der Waals surface area contributed by atoms with Crippen molar-refractivity contribution in [1.29, 1.82) is 0 Å². The molecule has 0 amide bonds. The first-order valence-corrected chi connectivity index (χ1v) is 8.31. The second-order valence-electron chi connectivity index (χ2n) is 6.71. The largest absolute Gasteiger partial charge is 0.390 e. The average molecular weight is 360 g/mol. The molecule has 1 saturated carbocycles. The summed E-state index contributed by atoms with van der Waals surface area (Å²) in [5.74, 6) is 1.30. The molecule has 0 atom stereocenters. The summed E-state index contributed by atoms with van der Waals surface area (Å²) in [5, 5.41) is 14.4. The van der Waals surface area contributed by atoms with Crippen molar-refractivity contribution in [3.05, 3.63) is 21.3 Å². The summed E-state index contributed by atoms with van der Waals surface area (Å²) in [6.07, 6.45) is 5.94. The standard InChI is InChI=1S/C15H20BrClN2O/c1-14(2,20)9-3-5-15(6-4-9)8-19-13-11(15)12(17)10(16)7-18-13/h7,9,20H,3-6,8H2,1-2H3,(H,18,19)/t9-,15-. The number of hydrogen-bond donors (Lipinski definition) is 2. The molecule has 0 unspecified atom stereocenters. The SMILES string of the molecule is CC(C)(O)[C@H]1CC[C@]2(CC1)CNc1ncc(Br)c(Cl)c12. The Balaban J connectivity index is 1.91. The minimum Gasteiger partial charge on any atom is -0.390 e. The molecule has 1 aliphatic carbocycles. The van der Waals surface area contributed by atoms with E-state index < -0.39 is 5.60 Å². The molecule has 2 heterocycles. The molecule has 0 bridgehead atoms. The molecule has 0 radical (unpaired) electrons. The van der Waals surface area contributed by atoms with Crippen LogP contribution in [0, 0.1) is 5.92 Å². The van der Waals surface area contributed by atoms with Crippen molar-refractivity contribution >= 4 is 33.3 Å². The first-order chi connectivity index (χ1) is 9.33. The molecule has 5 heteroatoms. The van der Waals surface area contributed by atoms with Gasteiger partial charge in [-0.15, -0.1) is 0 Å². The van der Waals surface area contributed by atoms with E-state index in [-0.39, 0.29) is 5.41 Å². The Morgan fingerprint density at radius 2 is 2.10 bits per heavy atom. The molecule has 2 aliphatic rings. The normalized spacial score (nSPS) is 29.4. The number of nitrogens with zero attached hydrogens (tertiary/aromatic N) is 1.